The number of hydrogen-bond donors (Lipinski definition) is 4. The van der Waals surface area contributed by atoms with Crippen molar-refractivity contribution in [2.75, 3.05) is 28.4 Å². The minimum Gasteiger partial charge on any atom is -0.496 e. The smallest absolute Gasteiger partial charge is 0.347 e. The van der Waals surface area contributed by atoms with E-state index in [1.54, 1.807) is 12.1 Å². The van der Waals surface area contributed by atoms with Crippen LogP contribution in [0.1, 0.15) is 69.2 Å². The summed E-state index contributed by atoms with van der Waals surface area (Å²) in [5.41, 5.74) is 1.83. The highest BCUT2D eigenvalue weighted by molar-refractivity contribution is 5.99. The molecule has 4 N–H and O–H groups in total. The molecular formula is C43H40O15. The van der Waals surface area contributed by atoms with Crippen molar-refractivity contribution < 1.29 is 72.8 Å². The summed E-state index contributed by atoms with van der Waals surface area (Å²) in [6, 6.07) is 20.2. The van der Waals surface area contributed by atoms with Crippen molar-refractivity contribution in [1.82, 2.24) is 0 Å². The molecule has 0 saturated carbocycles. The summed E-state index contributed by atoms with van der Waals surface area (Å²) < 4.78 is 37.9. The largest absolute Gasteiger partial charge is 0.496 e. The number of aliphatic hydroxyl groups excluding tert-OH is 4. The molecule has 15 nitrogen and oxygen atoms in total. The van der Waals surface area contributed by atoms with Crippen LogP contribution in [0.3, 0.4) is 0 Å². The monoisotopic (exact) mass is 796 g/mol. The Bertz CT molecular complexity index is 2150. The predicted octanol–water partition coefficient (Wildman–Crippen LogP) is 4.77. The van der Waals surface area contributed by atoms with Gasteiger partial charge in [-0.25, -0.2) is 14.4 Å². The fourth-order valence-electron chi connectivity index (χ4n) is 5.84. The maximum Gasteiger partial charge on any atom is 0.347 e. The normalized spacial score (nSPS) is 10.7. The quantitative estimate of drug-likeness (QED) is 0.0567. The topological polar surface area (TPSA) is 214 Å². The summed E-state index contributed by atoms with van der Waals surface area (Å²) >= 11 is 0. The summed E-state index contributed by atoms with van der Waals surface area (Å²) in [5.74, 6) is -1.54. The molecule has 0 bridgehead atoms. The van der Waals surface area contributed by atoms with Crippen molar-refractivity contribution in [2.45, 2.75) is 32.8 Å². The van der Waals surface area contributed by atoms with E-state index in [1.807, 2.05) is 0 Å². The van der Waals surface area contributed by atoms with Crippen molar-refractivity contribution in [3.8, 4) is 40.2 Å². The highest BCUT2D eigenvalue weighted by atomic mass is 16.6. The summed E-state index contributed by atoms with van der Waals surface area (Å²) in [4.78, 5) is 52.4. The highest BCUT2D eigenvalue weighted by Gasteiger charge is 2.23. The Labute approximate surface area is 332 Å². The van der Waals surface area contributed by atoms with Gasteiger partial charge in [-0.05, 0) is 82.9 Å². The van der Waals surface area contributed by atoms with Crippen LogP contribution in [-0.4, -0.2) is 72.6 Å². The van der Waals surface area contributed by atoms with Crippen molar-refractivity contribution in [3.63, 3.8) is 0 Å². The fraction of sp³-hybridized carbons (Fsp3) is 0.209. The number of benzene rings is 5. The average molecular weight is 797 g/mol. The molecule has 0 atom stereocenters. The van der Waals surface area contributed by atoms with Crippen LogP contribution < -0.4 is 33.2 Å². The van der Waals surface area contributed by atoms with E-state index >= 15 is 0 Å². The molecule has 58 heavy (non-hydrogen) atoms. The van der Waals surface area contributed by atoms with Crippen LogP contribution >= 0.6 is 0 Å². The first-order chi connectivity index (χ1) is 28.0. The Morgan fingerprint density at radius 1 is 0.431 bits per heavy atom. The second-order valence-electron chi connectivity index (χ2n) is 12.4. The number of carbonyl (C=O) groups is 4. The molecule has 5 rings (SSSR count). The van der Waals surface area contributed by atoms with E-state index in [0.717, 1.165) is 0 Å². The van der Waals surface area contributed by atoms with Crippen molar-refractivity contribution in [2.24, 2.45) is 0 Å². The number of esters is 3. The molecule has 5 aromatic rings. The van der Waals surface area contributed by atoms with Gasteiger partial charge >= 0.3 is 17.9 Å². The SMILES string of the molecule is COc1cc(OC)c(C(=O)Oc2ccc(C(=O)Cc3ccc(OC(=O)c4ccc(OC(=O)c5cc(CO)c(CO)cc5CO)c(CO)c4)cc3)cc2OC)cc1OC. The van der Waals surface area contributed by atoms with Gasteiger partial charge in [-0.2, -0.15) is 0 Å². The molecule has 5 aromatic carbocycles. The van der Waals surface area contributed by atoms with Crippen molar-refractivity contribution in [1.29, 1.82) is 0 Å². The summed E-state index contributed by atoms with van der Waals surface area (Å²) in [6.07, 6.45) is -0.0217. The zero-order valence-electron chi connectivity index (χ0n) is 31.9. The first-order valence-corrected chi connectivity index (χ1v) is 17.5. The lowest BCUT2D eigenvalue weighted by Gasteiger charge is -2.15. The van der Waals surface area contributed by atoms with E-state index in [9.17, 15) is 39.6 Å². The Morgan fingerprint density at radius 3 is 1.59 bits per heavy atom. The van der Waals surface area contributed by atoms with Crippen LogP contribution in [0.25, 0.3) is 0 Å². The minimum absolute atomic E-state index is 0.0217. The van der Waals surface area contributed by atoms with Gasteiger partial charge in [0.2, 0.25) is 0 Å². The highest BCUT2D eigenvalue weighted by Crippen LogP contribution is 2.36. The zero-order chi connectivity index (χ0) is 41.9. The number of ketones is 1. The number of rotatable bonds is 17. The number of ether oxygens (including phenoxy) is 7. The number of methoxy groups -OCH3 is 4. The third kappa shape index (κ3) is 9.59. The molecule has 0 radical (unpaired) electrons. The summed E-state index contributed by atoms with van der Waals surface area (Å²) in [7, 11) is 5.64. The lowest BCUT2D eigenvalue weighted by molar-refractivity contribution is 0.0715. The van der Waals surface area contributed by atoms with Crippen LogP contribution in [0, 0.1) is 0 Å². The molecule has 0 saturated heterocycles. The molecule has 0 amide bonds. The van der Waals surface area contributed by atoms with Crippen LogP contribution in [0.5, 0.6) is 40.2 Å². The van der Waals surface area contributed by atoms with Crippen LogP contribution in [-0.2, 0) is 32.8 Å². The van der Waals surface area contributed by atoms with Gasteiger partial charge in [0.15, 0.2) is 28.8 Å². The lowest BCUT2D eigenvalue weighted by Crippen LogP contribution is -2.15. The number of hydrogen-bond acceptors (Lipinski definition) is 15. The Hall–Kier alpha value is -6.78. The first-order valence-electron chi connectivity index (χ1n) is 17.5. The maximum absolute atomic E-state index is 13.2. The van der Waals surface area contributed by atoms with E-state index < -0.39 is 44.3 Å². The van der Waals surface area contributed by atoms with E-state index in [2.05, 4.69) is 0 Å². The lowest BCUT2D eigenvalue weighted by atomic mass is 9.99. The summed E-state index contributed by atoms with van der Waals surface area (Å²) in [5, 5.41) is 38.9. The third-order valence-electron chi connectivity index (χ3n) is 8.94. The Morgan fingerprint density at radius 2 is 0.966 bits per heavy atom. The standard InChI is InChI=1S/C43H40O15/c1-52-37-19-40(55-4)39(54-3)18-33(37)43(51)58-36-12-7-25(17-38(36)53-2)34(48)13-24-5-9-31(10-6-24)56-41(49)26-8-11-35(30(14-26)23-47)57-42(50)32-16-28(21-45)27(20-44)15-29(32)22-46/h5-12,14-19,44-47H,13,20-23H2,1-4H3. The van der Waals surface area contributed by atoms with Gasteiger partial charge in [-0.1, -0.05) is 12.1 Å². The second-order valence-corrected chi connectivity index (χ2v) is 12.4. The maximum atomic E-state index is 13.2. The van der Waals surface area contributed by atoms with E-state index in [1.165, 1.54) is 101 Å². The second kappa shape index (κ2) is 19.4. The molecule has 0 spiro atoms. The van der Waals surface area contributed by atoms with Gasteiger partial charge in [-0.3, -0.25) is 4.79 Å². The average Bonchev–Trinajstić information content (AvgIpc) is 3.25. The van der Waals surface area contributed by atoms with Crippen molar-refractivity contribution in [3.05, 3.63) is 135 Å². The van der Waals surface area contributed by atoms with E-state index in [0.29, 0.717) is 22.6 Å². The zero-order valence-corrected chi connectivity index (χ0v) is 31.9. The van der Waals surface area contributed by atoms with Crippen LogP contribution in [0.2, 0.25) is 0 Å². The molecule has 302 valence electrons. The van der Waals surface area contributed by atoms with Crippen molar-refractivity contribution >= 4 is 23.7 Å². The molecule has 0 heterocycles. The van der Waals surface area contributed by atoms with Gasteiger partial charge in [0.1, 0.15) is 22.8 Å². The molecular weight excluding hydrogens is 756 g/mol. The van der Waals surface area contributed by atoms with Gasteiger partial charge in [-0.15, -0.1) is 0 Å². The van der Waals surface area contributed by atoms with Gasteiger partial charge < -0.3 is 53.6 Å². The molecule has 0 aromatic heterocycles. The predicted molar refractivity (Wildman–Crippen MR) is 205 cm³/mol. The minimum atomic E-state index is -0.891. The van der Waals surface area contributed by atoms with Crippen LogP contribution in [0.4, 0.5) is 0 Å². The van der Waals surface area contributed by atoms with Crippen LogP contribution in [0.15, 0.2) is 84.9 Å². The molecule has 0 aliphatic rings. The van der Waals surface area contributed by atoms with E-state index in [4.69, 9.17) is 33.2 Å². The molecule has 0 fully saturated rings. The number of aliphatic hydroxyl groups is 4. The molecule has 0 unspecified atom stereocenters. The number of Topliss-reactive ketones (excluding diaryl/α,β-unsaturated/α-hetero) is 1. The first kappa shape index (κ1) is 42.4. The molecule has 0 aliphatic heterocycles. The van der Waals surface area contributed by atoms with Gasteiger partial charge in [0, 0.05) is 29.7 Å². The van der Waals surface area contributed by atoms with Gasteiger partial charge in [0.25, 0.3) is 0 Å². The molecule has 15 heteroatoms. The van der Waals surface area contributed by atoms with E-state index in [-0.39, 0.29) is 79.9 Å². The Balaban J connectivity index is 1.22. The summed E-state index contributed by atoms with van der Waals surface area (Å²) in [6.45, 7) is -2.01. The Kier molecular flexibility index (Phi) is 14.2. The molecule has 0 aliphatic carbocycles. The fourth-order valence-corrected chi connectivity index (χ4v) is 5.84. The van der Waals surface area contributed by atoms with Gasteiger partial charge in [0.05, 0.1) is 66.0 Å². The number of carbonyl (C=O) groups excluding carboxylic acids is 4. The third-order valence-corrected chi connectivity index (χ3v) is 8.94.